The highest BCUT2D eigenvalue weighted by molar-refractivity contribution is 5.77. The molecule has 1 aliphatic rings. The van der Waals surface area contributed by atoms with E-state index in [1.54, 1.807) is 7.11 Å². The summed E-state index contributed by atoms with van der Waals surface area (Å²) in [6.07, 6.45) is 4.97. The molecule has 1 N–H and O–H groups in total. The van der Waals surface area contributed by atoms with Crippen molar-refractivity contribution < 1.29 is 9.53 Å². The minimum absolute atomic E-state index is 0.102. The lowest BCUT2D eigenvalue weighted by atomic mass is 10.3. The largest absolute Gasteiger partial charge is 0.385 e. The van der Waals surface area contributed by atoms with Gasteiger partial charge in [0.1, 0.15) is 5.65 Å². The van der Waals surface area contributed by atoms with E-state index < -0.39 is 0 Å². The fourth-order valence-corrected chi connectivity index (χ4v) is 3.10. The number of amides is 1. The number of pyridine rings is 1. The molecule has 2 aromatic heterocycles. The molecule has 0 atom stereocenters. The lowest BCUT2D eigenvalue weighted by Gasteiger charge is -2.33. The van der Waals surface area contributed by atoms with Crippen LogP contribution in [0.1, 0.15) is 12.1 Å². The zero-order valence-electron chi connectivity index (χ0n) is 14.9. The molecule has 1 aliphatic heterocycles. The third-order valence-electron chi connectivity index (χ3n) is 4.48. The summed E-state index contributed by atoms with van der Waals surface area (Å²) in [5.41, 5.74) is 2.08. The molecule has 25 heavy (non-hydrogen) atoms. The van der Waals surface area contributed by atoms with Crippen LogP contribution in [0.5, 0.6) is 0 Å². The Balaban J connectivity index is 1.39. The van der Waals surface area contributed by atoms with Crippen LogP contribution in [0.2, 0.25) is 0 Å². The normalized spacial score (nSPS) is 16.4. The van der Waals surface area contributed by atoms with Crippen LogP contribution >= 0.6 is 0 Å². The van der Waals surface area contributed by atoms with E-state index in [2.05, 4.69) is 30.7 Å². The van der Waals surface area contributed by atoms with Crippen molar-refractivity contribution in [2.45, 2.75) is 13.0 Å². The van der Waals surface area contributed by atoms with Gasteiger partial charge in [-0.15, -0.1) is 0 Å². The molecular formula is C18H27N5O2. The van der Waals surface area contributed by atoms with Gasteiger partial charge in [0.2, 0.25) is 5.91 Å². The van der Waals surface area contributed by atoms with Crippen LogP contribution in [0, 0.1) is 0 Å². The third-order valence-corrected chi connectivity index (χ3v) is 4.48. The molecule has 3 rings (SSSR count). The van der Waals surface area contributed by atoms with Crippen LogP contribution in [-0.4, -0.2) is 78.1 Å². The molecule has 0 bridgehead atoms. The summed E-state index contributed by atoms with van der Waals surface area (Å²) >= 11 is 0. The fourth-order valence-electron chi connectivity index (χ4n) is 3.10. The second-order valence-electron chi connectivity index (χ2n) is 6.45. The highest BCUT2D eigenvalue weighted by atomic mass is 16.5. The number of hydrogen-bond acceptors (Lipinski definition) is 5. The van der Waals surface area contributed by atoms with E-state index in [0.29, 0.717) is 19.7 Å². The summed E-state index contributed by atoms with van der Waals surface area (Å²) in [4.78, 5) is 21.2. The summed E-state index contributed by atoms with van der Waals surface area (Å²) in [6.45, 7) is 6.46. The maximum Gasteiger partial charge on any atom is 0.234 e. The highest BCUT2D eigenvalue weighted by Crippen LogP contribution is 2.09. The van der Waals surface area contributed by atoms with E-state index in [-0.39, 0.29) is 5.91 Å². The van der Waals surface area contributed by atoms with Gasteiger partial charge < -0.3 is 14.5 Å². The van der Waals surface area contributed by atoms with Crippen molar-refractivity contribution in [2.24, 2.45) is 0 Å². The van der Waals surface area contributed by atoms with E-state index in [9.17, 15) is 4.79 Å². The van der Waals surface area contributed by atoms with E-state index >= 15 is 0 Å². The van der Waals surface area contributed by atoms with Gasteiger partial charge in [0.05, 0.1) is 12.2 Å². The van der Waals surface area contributed by atoms with Crippen LogP contribution in [0.3, 0.4) is 0 Å². The Morgan fingerprint density at radius 3 is 2.80 bits per heavy atom. The van der Waals surface area contributed by atoms with Crippen LogP contribution in [0.15, 0.2) is 30.6 Å². The van der Waals surface area contributed by atoms with Crippen LogP contribution < -0.4 is 5.32 Å². The van der Waals surface area contributed by atoms with Crippen molar-refractivity contribution in [3.63, 3.8) is 0 Å². The molecule has 7 nitrogen and oxygen atoms in total. The fraction of sp³-hybridized carbons (Fsp3) is 0.556. The molecule has 0 saturated carbocycles. The third kappa shape index (κ3) is 5.26. The summed E-state index contributed by atoms with van der Waals surface area (Å²) < 4.78 is 7.03. The summed E-state index contributed by atoms with van der Waals surface area (Å²) in [7, 11) is 1.67. The molecule has 3 heterocycles. The molecule has 2 aromatic rings. The number of methoxy groups -OCH3 is 1. The van der Waals surface area contributed by atoms with Gasteiger partial charge in [-0.05, 0) is 18.6 Å². The zero-order valence-corrected chi connectivity index (χ0v) is 14.9. The van der Waals surface area contributed by atoms with Crippen LogP contribution in [-0.2, 0) is 16.1 Å². The average molecular weight is 345 g/mol. The SMILES string of the molecule is COCCCNC(=O)CN1CCN(Cc2cn3ccccc3n2)CC1. The standard InChI is InChI=1S/C18H27N5O2/c1-25-12-4-6-19-18(24)15-22-10-8-21(9-11-22)13-16-14-23-7-3-2-5-17(23)20-16/h2-3,5,7,14H,4,6,8-13,15H2,1H3,(H,19,24). The van der Waals surface area contributed by atoms with Crippen molar-refractivity contribution in [2.75, 3.05) is 53.0 Å². The van der Waals surface area contributed by atoms with Gasteiger partial charge in [0, 0.05) is 65.4 Å². The maximum absolute atomic E-state index is 11.9. The van der Waals surface area contributed by atoms with Crippen molar-refractivity contribution >= 4 is 11.6 Å². The lowest BCUT2D eigenvalue weighted by molar-refractivity contribution is -0.122. The lowest BCUT2D eigenvalue weighted by Crippen LogP contribution is -2.49. The maximum atomic E-state index is 11.9. The topological polar surface area (TPSA) is 62.1 Å². The van der Waals surface area contributed by atoms with Crippen molar-refractivity contribution in [3.05, 3.63) is 36.3 Å². The monoisotopic (exact) mass is 345 g/mol. The van der Waals surface area contributed by atoms with Crippen LogP contribution in [0.25, 0.3) is 5.65 Å². The van der Waals surface area contributed by atoms with E-state index in [1.807, 2.05) is 24.4 Å². The number of carbonyl (C=O) groups is 1. The van der Waals surface area contributed by atoms with E-state index in [4.69, 9.17) is 4.74 Å². The highest BCUT2D eigenvalue weighted by Gasteiger charge is 2.19. The Bertz CT molecular complexity index is 646. The molecule has 136 valence electrons. The first kappa shape index (κ1) is 17.8. The van der Waals surface area contributed by atoms with Gasteiger partial charge in [-0.3, -0.25) is 14.6 Å². The Labute approximate surface area is 148 Å². The molecular weight excluding hydrogens is 318 g/mol. The molecule has 7 heteroatoms. The summed E-state index contributed by atoms with van der Waals surface area (Å²) in [5, 5.41) is 2.94. The number of carbonyl (C=O) groups excluding carboxylic acids is 1. The zero-order chi connectivity index (χ0) is 17.5. The van der Waals surface area contributed by atoms with Gasteiger partial charge in [-0.2, -0.15) is 0 Å². The number of ether oxygens (including phenoxy) is 1. The van der Waals surface area contributed by atoms with Crippen LogP contribution in [0.4, 0.5) is 0 Å². The van der Waals surface area contributed by atoms with Gasteiger partial charge in [0.25, 0.3) is 0 Å². The predicted molar refractivity (Wildman–Crippen MR) is 96.4 cm³/mol. The number of piperazine rings is 1. The Kier molecular flexibility index (Phi) is 6.38. The van der Waals surface area contributed by atoms with E-state index in [1.165, 1.54) is 0 Å². The number of rotatable bonds is 8. The number of aromatic nitrogens is 2. The van der Waals surface area contributed by atoms with Crippen molar-refractivity contribution in [3.8, 4) is 0 Å². The first-order valence-electron chi connectivity index (χ1n) is 8.87. The van der Waals surface area contributed by atoms with Crippen molar-refractivity contribution in [1.29, 1.82) is 0 Å². The quantitative estimate of drug-likeness (QED) is 0.710. The van der Waals surface area contributed by atoms with Crippen molar-refractivity contribution in [1.82, 2.24) is 24.5 Å². The molecule has 0 unspecified atom stereocenters. The summed E-state index contributed by atoms with van der Waals surface area (Å²) in [6, 6.07) is 6.04. The Hall–Kier alpha value is -1.96. The predicted octanol–water partition coefficient (Wildman–Crippen LogP) is 0.605. The van der Waals surface area contributed by atoms with E-state index in [0.717, 1.165) is 50.5 Å². The summed E-state index contributed by atoms with van der Waals surface area (Å²) in [5.74, 6) is 0.102. The van der Waals surface area contributed by atoms with Gasteiger partial charge >= 0.3 is 0 Å². The average Bonchev–Trinajstić information content (AvgIpc) is 3.03. The minimum Gasteiger partial charge on any atom is -0.385 e. The molecule has 0 spiro atoms. The second kappa shape index (κ2) is 8.94. The molecule has 0 radical (unpaired) electrons. The number of nitrogens with one attached hydrogen (secondary N) is 1. The minimum atomic E-state index is 0.102. The number of imidazole rings is 1. The number of fused-ring (bicyclic) bond motifs is 1. The molecule has 1 saturated heterocycles. The van der Waals surface area contributed by atoms with Gasteiger partial charge in [-0.25, -0.2) is 4.98 Å². The van der Waals surface area contributed by atoms with Gasteiger partial charge in [-0.1, -0.05) is 6.07 Å². The van der Waals surface area contributed by atoms with Gasteiger partial charge in [0.15, 0.2) is 0 Å². The number of nitrogens with zero attached hydrogens (tertiary/aromatic N) is 4. The molecule has 0 aromatic carbocycles. The molecule has 0 aliphatic carbocycles. The second-order valence-corrected chi connectivity index (χ2v) is 6.45. The Morgan fingerprint density at radius 2 is 2.04 bits per heavy atom. The smallest absolute Gasteiger partial charge is 0.234 e. The first-order valence-corrected chi connectivity index (χ1v) is 8.87. The number of hydrogen-bond donors (Lipinski definition) is 1. The Morgan fingerprint density at radius 1 is 1.24 bits per heavy atom. The first-order chi connectivity index (χ1) is 12.2. The molecule has 1 amide bonds. The molecule has 1 fully saturated rings.